The van der Waals surface area contributed by atoms with Crippen molar-refractivity contribution in [3.05, 3.63) is 29.8 Å². The van der Waals surface area contributed by atoms with Crippen LogP contribution in [0.25, 0.3) is 0 Å². The summed E-state index contributed by atoms with van der Waals surface area (Å²) >= 11 is 0. The SMILES string of the molecule is COCc1ccccc1NCC1CN(C)CCO1. The number of hydrogen-bond donors (Lipinski definition) is 1. The monoisotopic (exact) mass is 250 g/mol. The first-order valence-corrected chi connectivity index (χ1v) is 6.40. The highest BCUT2D eigenvalue weighted by Gasteiger charge is 2.17. The Kier molecular flexibility index (Phi) is 4.99. The summed E-state index contributed by atoms with van der Waals surface area (Å²) in [5.74, 6) is 0. The number of ether oxygens (including phenoxy) is 2. The van der Waals surface area contributed by atoms with Gasteiger partial charge in [0.05, 0.1) is 19.3 Å². The molecule has 1 aliphatic rings. The van der Waals surface area contributed by atoms with Gasteiger partial charge in [0.25, 0.3) is 0 Å². The number of anilines is 1. The third-order valence-corrected chi connectivity index (χ3v) is 3.18. The Morgan fingerprint density at radius 2 is 2.28 bits per heavy atom. The highest BCUT2D eigenvalue weighted by molar-refractivity contribution is 5.50. The minimum Gasteiger partial charge on any atom is -0.382 e. The van der Waals surface area contributed by atoms with Gasteiger partial charge in [-0.2, -0.15) is 0 Å². The summed E-state index contributed by atoms with van der Waals surface area (Å²) in [6.07, 6.45) is 0.263. The first kappa shape index (κ1) is 13.3. The summed E-state index contributed by atoms with van der Waals surface area (Å²) < 4.78 is 10.9. The molecule has 1 N–H and O–H groups in total. The Labute approximate surface area is 109 Å². The van der Waals surface area contributed by atoms with E-state index >= 15 is 0 Å². The number of likely N-dealkylation sites (N-methyl/N-ethyl adjacent to an activating group) is 1. The summed E-state index contributed by atoms with van der Waals surface area (Å²) in [5, 5.41) is 3.46. The van der Waals surface area contributed by atoms with Gasteiger partial charge >= 0.3 is 0 Å². The van der Waals surface area contributed by atoms with Crippen LogP contribution >= 0.6 is 0 Å². The second kappa shape index (κ2) is 6.73. The highest BCUT2D eigenvalue weighted by atomic mass is 16.5. The fourth-order valence-corrected chi connectivity index (χ4v) is 2.19. The maximum atomic E-state index is 5.73. The van der Waals surface area contributed by atoms with E-state index in [1.165, 1.54) is 5.56 Å². The molecule has 0 spiro atoms. The smallest absolute Gasteiger partial charge is 0.0874 e. The van der Waals surface area contributed by atoms with Gasteiger partial charge in [0, 0.05) is 38.0 Å². The van der Waals surface area contributed by atoms with Gasteiger partial charge in [0.1, 0.15) is 0 Å². The topological polar surface area (TPSA) is 33.7 Å². The van der Waals surface area contributed by atoms with Crippen molar-refractivity contribution in [2.24, 2.45) is 0 Å². The minimum absolute atomic E-state index is 0.263. The van der Waals surface area contributed by atoms with Crippen LogP contribution in [-0.4, -0.2) is 51.4 Å². The lowest BCUT2D eigenvalue weighted by Gasteiger charge is -2.30. The lowest BCUT2D eigenvalue weighted by Crippen LogP contribution is -2.43. The fourth-order valence-electron chi connectivity index (χ4n) is 2.19. The molecule has 1 saturated heterocycles. The molecular formula is C14H22N2O2. The van der Waals surface area contributed by atoms with Crippen molar-refractivity contribution in [1.82, 2.24) is 4.90 Å². The molecule has 1 aromatic carbocycles. The van der Waals surface area contributed by atoms with E-state index in [0.717, 1.165) is 31.9 Å². The lowest BCUT2D eigenvalue weighted by atomic mass is 10.2. The maximum absolute atomic E-state index is 5.73. The highest BCUT2D eigenvalue weighted by Crippen LogP contribution is 2.16. The van der Waals surface area contributed by atoms with Gasteiger partial charge in [-0.25, -0.2) is 0 Å². The summed E-state index contributed by atoms with van der Waals surface area (Å²) in [7, 11) is 3.85. The molecule has 4 heteroatoms. The molecule has 1 fully saturated rings. The Morgan fingerprint density at radius 3 is 3.06 bits per heavy atom. The predicted octanol–water partition coefficient (Wildman–Crippen LogP) is 1.58. The summed E-state index contributed by atoms with van der Waals surface area (Å²) in [5.41, 5.74) is 2.32. The van der Waals surface area contributed by atoms with Gasteiger partial charge in [0.15, 0.2) is 0 Å². The molecule has 0 aromatic heterocycles. The number of nitrogens with zero attached hydrogens (tertiary/aromatic N) is 1. The zero-order valence-corrected chi connectivity index (χ0v) is 11.2. The van der Waals surface area contributed by atoms with Crippen LogP contribution in [0.5, 0.6) is 0 Å². The van der Waals surface area contributed by atoms with Crippen LogP contribution in [0.3, 0.4) is 0 Å². The van der Waals surface area contributed by atoms with Crippen molar-refractivity contribution in [2.45, 2.75) is 12.7 Å². The third kappa shape index (κ3) is 3.70. The average molecular weight is 250 g/mol. The van der Waals surface area contributed by atoms with Crippen molar-refractivity contribution >= 4 is 5.69 Å². The quantitative estimate of drug-likeness (QED) is 0.860. The Balaban J connectivity index is 1.89. The van der Waals surface area contributed by atoms with Gasteiger partial charge in [-0.3, -0.25) is 0 Å². The van der Waals surface area contributed by atoms with E-state index in [4.69, 9.17) is 9.47 Å². The minimum atomic E-state index is 0.263. The van der Waals surface area contributed by atoms with Crippen LogP contribution in [0.15, 0.2) is 24.3 Å². The van der Waals surface area contributed by atoms with Crippen molar-refractivity contribution in [1.29, 1.82) is 0 Å². The lowest BCUT2D eigenvalue weighted by molar-refractivity contribution is -0.0117. The van der Waals surface area contributed by atoms with Gasteiger partial charge in [-0.05, 0) is 13.1 Å². The second-order valence-corrected chi connectivity index (χ2v) is 4.73. The zero-order valence-electron chi connectivity index (χ0n) is 11.2. The third-order valence-electron chi connectivity index (χ3n) is 3.18. The van der Waals surface area contributed by atoms with Crippen LogP contribution in [0, 0.1) is 0 Å². The van der Waals surface area contributed by atoms with Crippen LogP contribution in [0.2, 0.25) is 0 Å². The molecule has 0 radical (unpaired) electrons. The maximum Gasteiger partial charge on any atom is 0.0874 e. The number of morpholine rings is 1. The molecule has 0 aliphatic carbocycles. The van der Waals surface area contributed by atoms with Gasteiger partial charge < -0.3 is 19.7 Å². The fraction of sp³-hybridized carbons (Fsp3) is 0.571. The first-order chi connectivity index (χ1) is 8.79. The van der Waals surface area contributed by atoms with Crippen molar-refractivity contribution in [3.8, 4) is 0 Å². The van der Waals surface area contributed by atoms with E-state index in [0.29, 0.717) is 6.61 Å². The Hall–Kier alpha value is -1.10. The van der Waals surface area contributed by atoms with E-state index < -0.39 is 0 Å². The number of rotatable bonds is 5. The number of methoxy groups -OCH3 is 1. The molecular weight excluding hydrogens is 228 g/mol. The van der Waals surface area contributed by atoms with E-state index in [-0.39, 0.29) is 6.10 Å². The van der Waals surface area contributed by atoms with Gasteiger partial charge in [0.2, 0.25) is 0 Å². The van der Waals surface area contributed by atoms with Crippen LogP contribution in [-0.2, 0) is 16.1 Å². The molecule has 1 heterocycles. The molecule has 1 aromatic rings. The molecule has 2 rings (SSSR count). The molecule has 100 valence electrons. The molecule has 0 saturated carbocycles. The van der Waals surface area contributed by atoms with Crippen LogP contribution < -0.4 is 5.32 Å². The zero-order chi connectivity index (χ0) is 12.8. The molecule has 0 bridgehead atoms. The van der Waals surface area contributed by atoms with Gasteiger partial charge in [-0.15, -0.1) is 0 Å². The first-order valence-electron chi connectivity index (χ1n) is 6.40. The average Bonchev–Trinajstić information content (AvgIpc) is 2.38. The van der Waals surface area contributed by atoms with E-state index in [9.17, 15) is 0 Å². The van der Waals surface area contributed by atoms with Crippen LogP contribution in [0.1, 0.15) is 5.56 Å². The molecule has 1 unspecified atom stereocenters. The molecule has 0 amide bonds. The standard InChI is InChI=1S/C14H22N2O2/c1-16-7-8-18-13(10-16)9-15-14-6-4-3-5-12(14)11-17-2/h3-6,13,15H,7-11H2,1-2H3. The van der Waals surface area contributed by atoms with E-state index in [1.54, 1.807) is 7.11 Å². The number of hydrogen-bond acceptors (Lipinski definition) is 4. The van der Waals surface area contributed by atoms with Crippen molar-refractivity contribution < 1.29 is 9.47 Å². The molecule has 4 nitrogen and oxygen atoms in total. The normalized spacial score (nSPS) is 20.9. The molecule has 1 aliphatic heterocycles. The molecule has 1 atom stereocenters. The number of benzene rings is 1. The van der Waals surface area contributed by atoms with E-state index in [1.807, 2.05) is 12.1 Å². The summed E-state index contributed by atoms with van der Waals surface area (Å²) in [4.78, 5) is 2.30. The largest absolute Gasteiger partial charge is 0.382 e. The van der Waals surface area contributed by atoms with Crippen molar-refractivity contribution in [2.75, 3.05) is 45.7 Å². The predicted molar refractivity (Wildman–Crippen MR) is 72.9 cm³/mol. The Morgan fingerprint density at radius 1 is 1.44 bits per heavy atom. The van der Waals surface area contributed by atoms with Gasteiger partial charge in [-0.1, -0.05) is 18.2 Å². The number of nitrogens with one attached hydrogen (secondary N) is 1. The number of para-hydroxylation sites is 1. The summed E-state index contributed by atoms with van der Waals surface area (Å²) in [6, 6.07) is 8.24. The summed E-state index contributed by atoms with van der Waals surface area (Å²) in [6.45, 7) is 4.30. The van der Waals surface area contributed by atoms with Crippen molar-refractivity contribution in [3.63, 3.8) is 0 Å². The Bertz CT molecular complexity index is 371. The van der Waals surface area contributed by atoms with E-state index in [2.05, 4.69) is 29.4 Å². The van der Waals surface area contributed by atoms with Crippen LogP contribution in [0.4, 0.5) is 5.69 Å². The second-order valence-electron chi connectivity index (χ2n) is 4.73. The molecule has 18 heavy (non-hydrogen) atoms.